The van der Waals surface area contributed by atoms with Gasteiger partial charge < -0.3 is 24.5 Å². The van der Waals surface area contributed by atoms with Crippen LogP contribution in [0.25, 0.3) is 0 Å². The van der Waals surface area contributed by atoms with Crippen molar-refractivity contribution in [3.8, 4) is 0 Å². The summed E-state index contributed by atoms with van der Waals surface area (Å²) in [6.45, 7) is -4.11. The zero-order valence-corrected chi connectivity index (χ0v) is 13.9. The summed E-state index contributed by atoms with van der Waals surface area (Å²) < 4.78 is 84.6. The SMILES string of the molecule is [2H]C([2H])(OP(=O)(O)OP(=O)(O)O)[C@]1(F)C[C@@H](O)[C@]([2H])(n2cc(F)c(=O)[nH]c2=O)O1. The molecule has 13 nitrogen and oxygen atoms in total. The van der Waals surface area contributed by atoms with Gasteiger partial charge in [0.25, 0.3) is 5.56 Å². The summed E-state index contributed by atoms with van der Waals surface area (Å²) in [7, 11) is -11.7. The van der Waals surface area contributed by atoms with E-state index in [9.17, 15) is 33.1 Å². The maximum atomic E-state index is 15.0. The Bertz CT molecular complexity index is 1030. The van der Waals surface area contributed by atoms with E-state index in [-0.39, 0.29) is 10.8 Å². The van der Waals surface area contributed by atoms with Gasteiger partial charge in [0.2, 0.25) is 11.7 Å². The molecule has 1 aromatic heterocycles. The number of phosphoric acid groups is 2. The Kier molecular flexibility index (Phi) is 4.56. The predicted octanol–water partition coefficient (Wildman–Crippen LogP) is -1.15. The first-order valence-electron chi connectivity index (χ1n) is 7.71. The number of nitrogens with zero attached hydrogens (tertiary/aromatic N) is 1. The largest absolute Gasteiger partial charge is 0.481 e. The second kappa shape index (κ2) is 7.03. The van der Waals surface area contributed by atoms with Crippen LogP contribution in [0.2, 0.25) is 0 Å². The normalized spacial score (nSPS) is 33.9. The fourth-order valence-corrected chi connectivity index (χ4v) is 3.23. The first kappa shape index (κ1) is 16.9. The molecular formula is C9H12F2N2O11P2. The molecule has 2 heterocycles. The lowest BCUT2D eigenvalue weighted by molar-refractivity contribution is -0.178. The topological polar surface area (TPSA) is 198 Å². The Hall–Kier alpha value is -1.28. The summed E-state index contributed by atoms with van der Waals surface area (Å²) in [6.07, 6.45) is -7.22. The number of halogens is 2. The fraction of sp³-hybridized carbons (Fsp3) is 0.556. The third-order valence-electron chi connectivity index (χ3n) is 2.67. The molecule has 1 aliphatic heterocycles. The quantitative estimate of drug-likeness (QED) is 0.344. The van der Waals surface area contributed by atoms with Crippen LogP contribution in [-0.2, 0) is 22.7 Å². The molecule has 1 unspecified atom stereocenters. The van der Waals surface area contributed by atoms with E-state index in [1.807, 2.05) is 0 Å². The van der Waals surface area contributed by atoms with E-state index in [0.717, 1.165) is 0 Å². The van der Waals surface area contributed by atoms with Crippen LogP contribution in [0.4, 0.5) is 8.78 Å². The molecule has 1 aromatic rings. The van der Waals surface area contributed by atoms with E-state index in [1.165, 1.54) is 4.98 Å². The standard InChI is InChI=1S/C9H12F2N2O11P2/c10-4-2-13(8(16)12-6(4)15)7-5(14)1-9(11,23-7)3-22-26(20,21)24-25(17,18)19/h2,5,7,14H,1,3H2,(H,20,21)(H,12,15,16)(H2,17,18,19)/t5-,7-,9+/m1/s1/i3D2,7D. The van der Waals surface area contributed by atoms with Crippen molar-refractivity contribution in [3.05, 3.63) is 32.9 Å². The Morgan fingerprint density at radius 1 is 1.50 bits per heavy atom. The summed E-state index contributed by atoms with van der Waals surface area (Å²) in [5.41, 5.74) is -3.09. The molecule has 0 saturated carbocycles. The molecule has 1 saturated heterocycles. The van der Waals surface area contributed by atoms with Crippen molar-refractivity contribution >= 4 is 15.6 Å². The number of alkyl halides is 1. The Balaban J connectivity index is 2.43. The lowest BCUT2D eigenvalue weighted by Crippen LogP contribution is -2.37. The van der Waals surface area contributed by atoms with Crippen LogP contribution in [-0.4, -0.2) is 47.9 Å². The maximum Gasteiger partial charge on any atom is 0.481 e. The third-order valence-corrected chi connectivity index (χ3v) is 4.66. The number of hydrogen-bond acceptors (Lipinski definition) is 8. The van der Waals surface area contributed by atoms with E-state index in [1.54, 1.807) is 0 Å². The van der Waals surface area contributed by atoms with Crippen molar-refractivity contribution in [1.29, 1.82) is 0 Å². The molecule has 0 amide bonds. The molecule has 4 atom stereocenters. The van der Waals surface area contributed by atoms with Gasteiger partial charge in [-0.15, -0.1) is 0 Å². The minimum Gasteiger partial charge on any atom is -0.388 e. The van der Waals surface area contributed by atoms with Crippen LogP contribution in [0.1, 0.15) is 16.7 Å². The molecule has 1 fully saturated rings. The first-order chi connectivity index (χ1) is 12.8. The van der Waals surface area contributed by atoms with Gasteiger partial charge >= 0.3 is 21.3 Å². The van der Waals surface area contributed by atoms with Crippen LogP contribution in [0.15, 0.2) is 15.8 Å². The molecule has 0 radical (unpaired) electrons. The summed E-state index contributed by atoms with van der Waals surface area (Å²) in [6, 6.07) is 0. The zero-order chi connectivity index (χ0) is 22.6. The lowest BCUT2D eigenvalue weighted by atomic mass is 10.2. The van der Waals surface area contributed by atoms with Gasteiger partial charge in [-0.2, -0.15) is 8.70 Å². The highest BCUT2D eigenvalue weighted by molar-refractivity contribution is 7.60. The van der Waals surface area contributed by atoms with Crippen molar-refractivity contribution in [2.75, 3.05) is 6.56 Å². The zero-order valence-electron chi connectivity index (χ0n) is 15.1. The summed E-state index contributed by atoms with van der Waals surface area (Å²) in [5, 5.41) is 9.93. The highest BCUT2D eigenvalue weighted by Crippen LogP contribution is 2.58. The van der Waals surface area contributed by atoms with Crippen LogP contribution in [0, 0.1) is 5.82 Å². The minimum atomic E-state index is -5.97. The van der Waals surface area contributed by atoms with Crippen LogP contribution in [0.3, 0.4) is 0 Å². The van der Waals surface area contributed by atoms with Gasteiger partial charge in [0.15, 0.2) is 6.20 Å². The van der Waals surface area contributed by atoms with Crippen LogP contribution < -0.4 is 11.2 Å². The predicted molar refractivity (Wildman–Crippen MR) is 74.8 cm³/mol. The highest BCUT2D eigenvalue weighted by atomic mass is 31.3. The van der Waals surface area contributed by atoms with E-state index in [0.29, 0.717) is 0 Å². The number of phosphoric ester groups is 1. The van der Waals surface area contributed by atoms with Crippen molar-refractivity contribution in [2.24, 2.45) is 0 Å². The molecule has 148 valence electrons. The molecule has 26 heavy (non-hydrogen) atoms. The van der Waals surface area contributed by atoms with Crippen LogP contribution >= 0.6 is 15.6 Å². The van der Waals surface area contributed by atoms with E-state index >= 15 is 4.39 Å². The number of aliphatic hydroxyl groups excluding tert-OH is 1. The van der Waals surface area contributed by atoms with Gasteiger partial charge in [0.1, 0.15) is 12.7 Å². The molecule has 5 N–H and O–H groups in total. The number of ether oxygens (including phenoxy) is 1. The smallest absolute Gasteiger partial charge is 0.388 e. The van der Waals surface area contributed by atoms with E-state index in [2.05, 4.69) is 13.6 Å². The van der Waals surface area contributed by atoms with Gasteiger partial charge in [-0.1, -0.05) is 0 Å². The van der Waals surface area contributed by atoms with E-state index < -0.39 is 63.9 Å². The van der Waals surface area contributed by atoms with Gasteiger partial charge in [-0.05, 0) is 0 Å². The second-order valence-electron chi connectivity index (χ2n) is 4.73. The monoisotopic (exact) mass is 427 g/mol. The number of aliphatic hydroxyl groups is 1. The number of aromatic amines is 1. The summed E-state index contributed by atoms with van der Waals surface area (Å²) in [4.78, 5) is 50.4. The molecular weight excluding hydrogens is 412 g/mol. The minimum absolute atomic E-state index is 0.0629. The molecule has 0 bridgehead atoms. The molecule has 17 heteroatoms. The van der Waals surface area contributed by atoms with Gasteiger partial charge in [0, 0.05) is 6.42 Å². The average molecular weight is 427 g/mol. The van der Waals surface area contributed by atoms with Crippen molar-refractivity contribution in [2.45, 2.75) is 24.6 Å². The first-order valence-corrected chi connectivity index (χ1v) is 9.24. The van der Waals surface area contributed by atoms with Crippen molar-refractivity contribution < 1.29 is 55.4 Å². The second-order valence-corrected chi connectivity index (χ2v) is 7.48. The number of rotatable bonds is 6. The average Bonchev–Trinajstić information content (AvgIpc) is 2.71. The van der Waals surface area contributed by atoms with Crippen molar-refractivity contribution in [3.63, 3.8) is 0 Å². The van der Waals surface area contributed by atoms with Crippen LogP contribution in [0.5, 0.6) is 0 Å². The van der Waals surface area contributed by atoms with Gasteiger partial charge in [-0.25, -0.2) is 18.3 Å². The Morgan fingerprint density at radius 3 is 2.69 bits per heavy atom. The van der Waals surface area contributed by atoms with Gasteiger partial charge in [0.05, 0.1) is 10.3 Å². The molecule has 0 aromatic carbocycles. The number of H-pyrrole nitrogens is 1. The Morgan fingerprint density at radius 2 is 2.12 bits per heavy atom. The number of hydrogen-bond donors (Lipinski definition) is 5. The lowest BCUT2D eigenvalue weighted by Gasteiger charge is -2.22. The fourth-order valence-electron chi connectivity index (χ4n) is 1.77. The number of nitrogens with one attached hydrogen (secondary N) is 1. The molecule has 2 rings (SSSR count). The summed E-state index contributed by atoms with van der Waals surface area (Å²) in [5.74, 6) is -5.66. The molecule has 0 spiro atoms. The Labute approximate surface area is 145 Å². The summed E-state index contributed by atoms with van der Waals surface area (Å²) >= 11 is 0. The van der Waals surface area contributed by atoms with Gasteiger partial charge in [-0.3, -0.25) is 18.9 Å². The van der Waals surface area contributed by atoms with Crippen molar-refractivity contribution in [1.82, 2.24) is 9.55 Å². The van der Waals surface area contributed by atoms with E-state index in [4.69, 9.17) is 13.9 Å². The maximum absolute atomic E-state index is 15.0. The molecule has 0 aliphatic carbocycles. The third kappa shape index (κ3) is 5.13. The number of aromatic nitrogens is 2. The molecule has 1 aliphatic rings. The highest BCUT2D eigenvalue weighted by Gasteiger charge is 2.50.